The van der Waals surface area contributed by atoms with Gasteiger partial charge in [0.25, 0.3) is 0 Å². The number of hydrogen-bond donors (Lipinski definition) is 1. The predicted molar refractivity (Wildman–Crippen MR) is 151 cm³/mol. The Bertz CT molecular complexity index is 1880. The van der Waals surface area contributed by atoms with E-state index < -0.39 is 10.1 Å². The Balaban J connectivity index is 1.56. The minimum atomic E-state index is -3.94. The van der Waals surface area contributed by atoms with Crippen molar-refractivity contribution in [1.82, 2.24) is 9.97 Å². The lowest BCUT2D eigenvalue weighted by Gasteiger charge is -2.14. The lowest BCUT2D eigenvalue weighted by Crippen LogP contribution is -2.13. The van der Waals surface area contributed by atoms with Crippen molar-refractivity contribution in [2.45, 2.75) is 4.21 Å². The summed E-state index contributed by atoms with van der Waals surface area (Å²) in [5, 5.41) is 3.35. The Morgan fingerprint density at radius 1 is 0.947 bits per heavy atom. The van der Waals surface area contributed by atoms with Gasteiger partial charge < -0.3 is 14.1 Å². The average molecular weight is 540 g/mol. The van der Waals surface area contributed by atoms with E-state index in [-0.39, 0.29) is 9.96 Å². The topological polar surface area (TPSA) is 92.4 Å². The molecule has 0 unspecified atom stereocenters. The molecule has 1 N–H and O–H groups in total. The minimum Gasteiger partial charge on any atom is -0.378 e. The summed E-state index contributed by atoms with van der Waals surface area (Å²) in [5.74, 6) is 0.220. The number of carbonyl (C=O) groups excluding carboxylic acids is 1. The maximum absolute atomic E-state index is 12.8. The van der Waals surface area contributed by atoms with Crippen LogP contribution >= 0.6 is 11.3 Å². The van der Waals surface area contributed by atoms with E-state index in [1.54, 1.807) is 36.7 Å². The number of thiophene rings is 1. The van der Waals surface area contributed by atoms with Crippen molar-refractivity contribution in [2.24, 2.45) is 0 Å². The van der Waals surface area contributed by atoms with Crippen molar-refractivity contribution in [3.05, 3.63) is 96.5 Å². The molecule has 0 radical (unpaired) electrons. The standard InChI is InChI=1S/C29H21N3O4S2/c1-32(18-33)21-11-9-19(10-12-21)24-17-30-29-28(27(24)20-6-3-2-4-7-20)23-16-22(13-14-25(23)31-29)36-38(34,35)26-8-5-15-37-26/h2-18H,1H3,(H,30,31). The number of pyridine rings is 1. The van der Waals surface area contributed by atoms with Gasteiger partial charge >= 0.3 is 10.1 Å². The maximum atomic E-state index is 12.8. The third-order valence-corrected chi connectivity index (χ3v) is 8.95. The van der Waals surface area contributed by atoms with Crippen LogP contribution in [0.4, 0.5) is 5.69 Å². The summed E-state index contributed by atoms with van der Waals surface area (Å²) in [4.78, 5) is 20.8. The van der Waals surface area contributed by atoms with Crippen molar-refractivity contribution >= 4 is 55.5 Å². The molecule has 7 nitrogen and oxygen atoms in total. The molecule has 0 saturated carbocycles. The molecule has 0 aliphatic rings. The van der Waals surface area contributed by atoms with Gasteiger partial charge in [-0.3, -0.25) is 4.79 Å². The Kier molecular flexibility index (Phi) is 5.94. The molecule has 6 aromatic rings. The van der Waals surface area contributed by atoms with E-state index in [1.165, 1.54) is 11.0 Å². The molecule has 0 bridgehead atoms. The predicted octanol–water partition coefficient (Wildman–Crippen LogP) is 6.47. The second kappa shape index (κ2) is 9.44. The highest BCUT2D eigenvalue weighted by atomic mass is 32.3. The van der Waals surface area contributed by atoms with Crippen LogP contribution in [-0.4, -0.2) is 31.8 Å². The van der Waals surface area contributed by atoms with Gasteiger partial charge in [-0.25, -0.2) is 4.98 Å². The summed E-state index contributed by atoms with van der Waals surface area (Å²) in [6.45, 7) is 0. The maximum Gasteiger partial charge on any atom is 0.348 e. The molecule has 0 atom stereocenters. The fourth-order valence-electron chi connectivity index (χ4n) is 4.52. The number of anilines is 1. The summed E-state index contributed by atoms with van der Waals surface area (Å²) < 4.78 is 31.2. The van der Waals surface area contributed by atoms with Crippen molar-refractivity contribution in [3.8, 4) is 28.0 Å². The molecule has 3 aromatic carbocycles. The molecule has 188 valence electrons. The third kappa shape index (κ3) is 4.21. The molecule has 3 heterocycles. The first-order chi connectivity index (χ1) is 18.4. The first-order valence-electron chi connectivity index (χ1n) is 11.7. The Hall–Kier alpha value is -4.47. The normalized spacial score (nSPS) is 11.6. The van der Waals surface area contributed by atoms with Crippen LogP contribution in [0.15, 0.2) is 101 Å². The third-order valence-electron chi connectivity index (χ3n) is 6.35. The van der Waals surface area contributed by atoms with E-state index in [1.807, 2.05) is 60.8 Å². The number of aromatic amines is 1. The fraction of sp³-hybridized carbons (Fsp3) is 0.0345. The van der Waals surface area contributed by atoms with Crippen LogP contribution in [0.1, 0.15) is 0 Å². The quantitative estimate of drug-likeness (QED) is 0.185. The van der Waals surface area contributed by atoms with E-state index >= 15 is 0 Å². The highest BCUT2D eigenvalue weighted by molar-refractivity contribution is 7.89. The molecule has 0 aliphatic carbocycles. The average Bonchev–Trinajstić information content (AvgIpc) is 3.62. The van der Waals surface area contributed by atoms with Crippen LogP contribution in [0.25, 0.3) is 44.2 Å². The molecular weight excluding hydrogens is 518 g/mol. The van der Waals surface area contributed by atoms with E-state index in [2.05, 4.69) is 4.98 Å². The van der Waals surface area contributed by atoms with Crippen LogP contribution in [-0.2, 0) is 14.9 Å². The van der Waals surface area contributed by atoms with Crippen molar-refractivity contribution in [1.29, 1.82) is 0 Å². The number of H-pyrrole nitrogens is 1. The molecule has 9 heteroatoms. The highest BCUT2D eigenvalue weighted by Gasteiger charge is 2.21. The summed E-state index contributed by atoms with van der Waals surface area (Å²) >= 11 is 1.11. The fourth-order valence-corrected chi connectivity index (χ4v) is 6.39. The van der Waals surface area contributed by atoms with Crippen molar-refractivity contribution < 1.29 is 17.4 Å². The first-order valence-corrected chi connectivity index (χ1v) is 14.0. The van der Waals surface area contributed by atoms with E-state index in [9.17, 15) is 13.2 Å². The molecule has 0 aliphatic heterocycles. The summed E-state index contributed by atoms with van der Waals surface area (Å²) in [7, 11) is -2.23. The van der Waals surface area contributed by atoms with Gasteiger partial charge in [0, 0.05) is 46.3 Å². The second-order valence-corrected chi connectivity index (χ2v) is 11.4. The first kappa shape index (κ1) is 23.9. The number of benzene rings is 3. The van der Waals surface area contributed by atoms with E-state index in [0.29, 0.717) is 5.65 Å². The molecule has 38 heavy (non-hydrogen) atoms. The summed E-state index contributed by atoms with van der Waals surface area (Å²) in [5.41, 5.74) is 6.05. The number of carbonyl (C=O) groups is 1. The largest absolute Gasteiger partial charge is 0.378 e. The Labute approximate surface area is 223 Å². The number of rotatable bonds is 7. The molecule has 1 amide bonds. The highest BCUT2D eigenvalue weighted by Crippen LogP contribution is 2.41. The number of aromatic nitrogens is 2. The van der Waals surface area contributed by atoms with Crippen LogP contribution in [0.5, 0.6) is 5.75 Å². The Morgan fingerprint density at radius 2 is 1.74 bits per heavy atom. The van der Waals surface area contributed by atoms with Crippen LogP contribution in [0, 0.1) is 0 Å². The zero-order valence-electron chi connectivity index (χ0n) is 20.2. The SMILES string of the molecule is CN(C=O)c1ccc(-c2cnc3[nH]c4ccc(OS(=O)(=O)c5cccs5)cc4c3c2-c2ccccc2)cc1. The monoisotopic (exact) mass is 539 g/mol. The lowest BCUT2D eigenvalue weighted by atomic mass is 9.92. The van der Waals surface area contributed by atoms with Gasteiger partial charge in [0.1, 0.15) is 11.4 Å². The lowest BCUT2D eigenvalue weighted by molar-refractivity contribution is -0.107. The molecule has 6 rings (SSSR count). The summed E-state index contributed by atoms with van der Waals surface area (Å²) in [6.07, 6.45) is 2.60. The van der Waals surface area contributed by atoms with Gasteiger partial charge in [-0.15, -0.1) is 11.3 Å². The Morgan fingerprint density at radius 3 is 2.45 bits per heavy atom. The van der Waals surface area contributed by atoms with Crippen LogP contribution < -0.4 is 9.08 Å². The van der Waals surface area contributed by atoms with Gasteiger partial charge in [-0.05, 0) is 52.9 Å². The van der Waals surface area contributed by atoms with Gasteiger partial charge in [0.15, 0.2) is 4.21 Å². The number of nitrogens with one attached hydrogen (secondary N) is 1. The number of nitrogens with zero attached hydrogens (tertiary/aromatic N) is 2. The number of hydrogen-bond acceptors (Lipinski definition) is 6. The molecule has 0 spiro atoms. The van der Waals surface area contributed by atoms with Crippen molar-refractivity contribution in [3.63, 3.8) is 0 Å². The molecular formula is C29H21N3O4S2. The summed E-state index contributed by atoms with van der Waals surface area (Å²) in [6, 6.07) is 26.0. The molecule has 0 saturated heterocycles. The smallest absolute Gasteiger partial charge is 0.348 e. The number of fused-ring (bicyclic) bond motifs is 3. The van der Waals surface area contributed by atoms with Crippen LogP contribution in [0.3, 0.4) is 0 Å². The van der Waals surface area contributed by atoms with Gasteiger partial charge in [0.05, 0.1) is 0 Å². The number of amides is 1. The van der Waals surface area contributed by atoms with E-state index in [4.69, 9.17) is 9.17 Å². The van der Waals surface area contributed by atoms with Gasteiger partial charge in [0.2, 0.25) is 6.41 Å². The zero-order valence-corrected chi connectivity index (χ0v) is 21.8. The van der Waals surface area contributed by atoms with Gasteiger partial charge in [-0.2, -0.15) is 8.42 Å². The molecule has 0 fully saturated rings. The molecule has 3 aromatic heterocycles. The van der Waals surface area contributed by atoms with E-state index in [0.717, 1.165) is 62.0 Å². The van der Waals surface area contributed by atoms with Gasteiger partial charge in [-0.1, -0.05) is 48.5 Å². The second-order valence-electron chi connectivity index (χ2n) is 8.70. The minimum absolute atomic E-state index is 0.147. The van der Waals surface area contributed by atoms with Crippen LogP contribution in [0.2, 0.25) is 0 Å². The van der Waals surface area contributed by atoms with Crippen molar-refractivity contribution in [2.75, 3.05) is 11.9 Å². The zero-order chi connectivity index (χ0) is 26.3.